The number of nitro groups is 1. The van der Waals surface area contributed by atoms with Gasteiger partial charge in [-0.3, -0.25) is 24.5 Å². The molecule has 1 aliphatic heterocycles. The predicted octanol–water partition coefficient (Wildman–Crippen LogP) is 3.01. The smallest absolute Gasteiger partial charge is 0.312 e. The van der Waals surface area contributed by atoms with Gasteiger partial charge in [0.25, 0.3) is 0 Å². The lowest BCUT2D eigenvalue weighted by Gasteiger charge is -2.39. The Labute approximate surface area is 182 Å². The summed E-state index contributed by atoms with van der Waals surface area (Å²) in [4.78, 5) is 25.6. The van der Waals surface area contributed by atoms with E-state index in [2.05, 4.69) is 34.5 Å². The summed E-state index contributed by atoms with van der Waals surface area (Å²) in [6.45, 7) is 5.21. The van der Waals surface area contributed by atoms with Crippen LogP contribution in [0.15, 0.2) is 24.3 Å². The molecule has 31 heavy (non-hydrogen) atoms. The average molecular weight is 430 g/mol. The number of methoxy groups -OCH3 is 1. The number of hydrogen-bond donors (Lipinski definition) is 1. The third-order valence-corrected chi connectivity index (χ3v) is 6.10. The first-order valence-electron chi connectivity index (χ1n) is 10.6. The first-order chi connectivity index (χ1) is 14.8. The molecule has 1 saturated heterocycles. The highest BCUT2D eigenvalue weighted by molar-refractivity contribution is 5.75. The standard InChI is InChI=1S/C22H31N5O4/c1-15-21(27(29)30)16(2)26(24-15)13-11-20(28)23-14-18-6-5-12-25(3)22(18)17-7-9-19(31-4)10-8-17/h7-10,18,22H,5-6,11-14H2,1-4H3,(H,23,28). The van der Waals surface area contributed by atoms with Gasteiger partial charge >= 0.3 is 5.69 Å². The number of amides is 1. The van der Waals surface area contributed by atoms with Gasteiger partial charge in [0.05, 0.1) is 18.6 Å². The second-order valence-electron chi connectivity index (χ2n) is 8.15. The zero-order valence-electron chi connectivity index (χ0n) is 18.6. The summed E-state index contributed by atoms with van der Waals surface area (Å²) in [6, 6.07) is 8.37. The molecule has 9 nitrogen and oxygen atoms in total. The van der Waals surface area contributed by atoms with E-state index in [0.29, 0.717) is 30.4 Å². The minimum atomic E-state index is -0.423. The van der Waals surface area contributed by atoms with Crippen molar-refractivity contribution in [1.82, 2.24) is 20.0 Å². The molecule has 0 radical (unpaired) electrons. The maximum absolute atomic E-state index is 12.5. The van der Waals surface area contributed by atoms with Crippen LogP contribution in [0.5, 0.6) is 5.75 Å². The predicted molar refractivity (Wildman–Crippen MR) is 117 cm³/mol. The fourth-order valence-corrected chi connectivity index (χ4v) is 4.51. The highest BCUT2D eigenvalue weighted by Gasteiger charge is 2.30. The van der Waals surface area contributed by atoms with Gasteiger partial charge < -0.3 is 10.1 Å². The van der Waals surface area contributed by atoms with Crippen molar-refractivity contribution in [2.24, 2.45) is 5.92 Å². The quantitative estimate of drug-likeness (QED) is 0.511. The second kappa shape index (κ2) is 9.91. The SMILES string of the molecule is COc1ccc(C2C(CNC(=O)CCn3nc(C)c([N+](=O)[O-])c3C)CCCN2C)cc1. The number of hydrogen-bond acceptors (Lipinski definition) is 6. The molecule has 0 saturated carbocycles. The van der Waals surface area contributed by atoms with Crippen molar-refractivity contribution in [1.29, 1.82) is 0 Å². The summed E-state index contributed by atoms with van der Waals surface area (Å²) in [5, 5.41) is 18.4. The van der Waals surface area contributed by atoms with Crippen LogP contribution in [0, 0.1) is 29.9 Å². The van der Waals surface area contributed by atoms with Crippen molar-refractivity contribution >= 4 is 11.6 Å². The Hall–Kier alpha value is -2.94. The highest BCUT2D eigenvalue weighted by atomic mass is 16.6. The number of ether oxygens (including phenoxy) is 1. The number of piperidine rings is 1. The summed E-state index contributed by atoms with van der Waals surface area (Å²) in [7, 11) is 3.78. The van der Waals surface area contributed by atoms with E-state index in [9.17, 15) is 14.9 Å². The minimum Gasteiger partial charge on any atom is -0.497 e. The summed E-state index contributed by atoms with van der Waals surface area (Å²) in [5.74, 6) is 1.07. The van der Waals surface area contributed by atoms with Crippen LogP contribution in [0.2, 0.25) is 0 Å². The van der Waals surface area contributed by atoms with Crippen LogP contribution in [0.4, 0.5) is 5.69 Å². The lowest BCUT2D eigenvalue weighted by Crippen LogP contribution is -2.41. The van der Waals surface area contributed by atoms with Crippen LogP contribution in [0.3, 0.4) is 0 Å². The number of benzene rings is 1. The maximum Gasteiger partial charge on any atom is 0.312 e. The summed E-state index contributed by atoms with van der Waals surface area (Å²) >= 11 is 0. The van der Waals surface area contributed by atoms with Crippen molar-refractivity contribution < 1.29 is 14.5 Å². The van der Waals surface area contributed by atoms with Crippen molar-refractivity contribution in [3.05, 3.63) is 51.3 Å². The van der Waals surface area contributed by atoms with Crippen LogP contribution in [0.1, 0.15) is 42.3 Å². The van der Waals surface area contributed by atoms with E-state index < -0.39 is 4.92 Å². The molecule has 1 aromatic heterocycles. The van der Waals surface area contributed by atoms with Gasteiger partial charge in [0.15, 0.2) is 0 Å². The monoisotopic (exact) mass is 429 g/mol. The minimum absolute atomic E-state index is 0.0213. The summed E-state index contributed by atoms with van der Waals surface area (Å²) < 4.78 is 6.81. The Bertz CT molecular complexity index is 925. The van der Waals surface area contributed by atoms with Gasteiger partial charge in [-0.25, -0.2) is 0 Å². The summed E-state index contributed by atoms with van der Waals surface area (Å²) in [5.41, 5.74) is 2.09. The molecule has 2 heterocycles. The molecule has 1 fully saturated rings. The molecule has 1 aromatic carbocycles. The van der Waals surface area contributed by atoms with E-state index in [1.165, 1.54) is 5.56 Å². The third-order valence-electron chi connectivity index (χ3n) is 6.10. The molecule has 1 aliphatic rings. The van der Waals surface area contributed by atoms with E-state index in [1.54, 1.807) is 25.6 Å². The molecule has 168 valence electrons. The van der Waals surface area contributed by atoms with Gasteiger partial charge in [0.2, 0.25) is 5.91 Å². The Balaban J connectivity index is 1.59. The Kier molecular flexibility index (Phi) is 7.27. The number of carbonyl (C=O) groups is 1. The molecule has 2 unspecified atom stereocenters. The van der Waals surface area contributed by atoms with Crippen LogP contribution in [0.25, 0.3) is 0 Å². The Morgan fingerprint density at radius 1 is 1.32 bits per heavy atom. The molecular weight excluding hydrogens is 398 g/mol. The zero-order chi connectivity index (χ0) is 22.5. The molecule has 2 aromatic rings. The van der Waals surface area contributed by atoms with E-state index in [4.69, 9.17) is 4.74 Å². The normalized spacial score (nSPS) is 19.2. The number of nitrogens with zero attached hydrogens (tertiary/aromatic N) is 4. The van der Waals surface area contributed by atoms with Gasteiger partial charge in [-0.1, -0.05) is 12.1 Å². The fourth-order valence-electron chi connectivity index (χ4n) is 4.51. The van der Waals surface area contributed by atoms with Crippen molar-refractivity contribution in [3.8, 4) is 5.75 Å². The second-order valence-corrected chi connectivity index (χ2v) is 8.15. The lowest BCUT2D eigenvalue weighted by molar-refractivity contribution is -0.386. The number of aromatic nitrogens is 2. The summed E-state index contributed by atoms with van der Waals surface area (Å²) in [6.07, 6.45) is 2.37. The van der Waals surface area contributed by atoms with Crippen LogP contribution in [-0.2, 0) is 11.3 Å². The molecule has 0 bridgehead atoms. The third kappa shape index (κ3) is 5.22. The lowest BCUT2D eigenvalue weighted by atomic mass is 9.85. The van der Waals surface area contributed by atoms with Gasteiger partial charge in [-0.2, -0.15) is 5.10 Å². The zero-order valence-corrected chi connectivity index (χ0v) is 18.6. The number of nitrogens with one attached hydrogen (secondary N) is 1. The van der Waals surface area contributed by atoms with Crippen molar-refractivity contribution in [3.63, 3.8) is 0 Å². The number of rotatable bonds is 8. The molecule has 9 heteroatoms. The van der Waals surface area contributed by atoms with Crippen LogP contribution >= 0.6 is 0 Å². The molecule has 1 N–H and O–H groups in total. The largest absolute Gasteiger partial charge is 0.497 e. The molecule has 0 aliphatic carbocycles. The van der Waals surface area contributed by atoms with Gasteiger partial charge in [-0.15, -0.1) is 0 Å². The van der Waals surface area contributed by atoms with Gasteiger partial charge in [0, 0.05) is 19.0 Å². The first-order valence-corrected chi connectivity index (χ1v) is 10.6. The molecule has 1 amide bonds. The Morgan fingerprint density at radius 2 is 2.03 bits per heavy atom. The van der Waals surface area contributed by atoms with E-state index >= 15 is 0 Å². The van der Waals surface area contributed by atoms with Crippen LogP contribution in [-0.4, -0.2) is 52.8 Å². The van der Waals surface area contributed by atoms with Crippen molar-refractivity contribution in [2.75, 3.05) is 27.2 Å². The highest BCUT2D eigenvalue weighted by Crippen LogP contribution is 2.35. The maximum atomic E-state index is 12.5. The van der Waals surface area contributed by atoms with Crippen LogP contribution < -0.4 is 10.1 Å². The van der Waals surface area contributed by atoms with E-state index in [-0.39, 0.29) is 24.1 Å². The van der Waals surface area contributed by atoms with Gasteiger partial charge in [0.1, 0.15) is 17.1 Å². The van der Waals surface area contributed by atoms with E-state index in [1.807, 2.05) is 12.1 Å². The number of likely N-dealkylation sites (tertiary alicyclic amines) is 1. The molecule has 2 atom stereocenters. The van der Waals surface area contributed by atoms with Gasteiger partial charge in [-0.05, 0) is 63.9 Å². The number of carbonyl (C=O) groups excluding carboxylic acids is 1. The fraction of sp³-hybridized carbons (Fsp3) is 0.545. The average Bonchev–Trinajstić information content (AvgIpc) is 3.04. The molecular formula is C22H31N5O4. The molecule has 0 spiro atoms. The number of aryl methyl sites for hydroxylation is 2. The molecule has 3 rings (SSSR count). The topological polar surface area (TPSA) is 103 Å². The van der Waals surface area contributed by atoms with Crippen molar-refractivity contribution in [2.45, 2.75) is 45.7 Å². The Morgan fingerprint density at radius 3 is 2.65 bits per heavy atom. The van der Waals surface area contributed by atoms with E-state index in [0.717, 1.165) is 25.1 Å². The first kappa shape index (κ1) is 22.7.